The van der Waals surface area contributed by atoms with E-state index in [1.807, 2.05) is 55.5 Å². The third-order valence-electron chi connectivity index (χ3n) is 4.65. The summed E-state index contributed by atoms with van der Waals surface area (Å²) >= 11 is 0. The molecule has 26 heavy (non-hydrogen) atoms. The molecule has 0 spiro atoms. The van der Waals surface area contributed by atoms with Crippen LogP contribution in [0.2, 0.25) is 0 Å². The molecule has 3 rings (SSSR count). The van der Waals surface area contributed by atoms with Gasteiger partial charge in [0, 0.05) is 31.3 Å². The average Bonchev–Trinajstić information content (AvgIpc) is 2.69. The van der Waals surface area contributed by atoms with Crippen molar-refractivity contribution in [2.75, 3.05) is 18.4 Å². The molecule has 134 valence electrons. The number of piperidine rings is 1. The van der Waals surface area contributed by atoms with Crippen LogP contribution in [0.4, 0.5) is 5.82 Å². The molecule has 0 radical (unpaired) electrons. The molecule has 2 amide bonds. The minimum absolute atomic E-state index is 0.00622. The maximum Gasteiger partial charge on any atom is 0.246 e. The molecule has 1 fully saturated rings. The van der Waals surface area contributed by atoms with Crippen LogP contribution in [0.3, 0.4) is 0 Å². The van der Waals surface area contributed by atoms with E-state index >= 15 is 0 Å². The molecule has 5 heteroatoms. The lowest BCUT2D eigenvalue weighted by atomic mass is 9.95. The molecule has 2 heterocycles. The van der Waals surface area contributed by atoms with Crippen LogP contribution in [0.15, 0.2) is 54.7 Å². The Kier molecular flexibility index (Phi) is 5.79. The van der Waals surface area contributed by atoms with Crippen molar-refractivity contribution >= 4 is 23.7 Å². The minimum atomic E-state index is -0.0847. The molecule has 5 nitrogen and oxygen atoms in total. The second-order valence-corrected chi connectivity index (χ2v) is 6.50. The van der Waals surface area contributed by atoms with E-state index in [9.17, 15) is 9.59 Å². The van der Waals surface area contributed by atoms with Gasteiger partial charge in [-0.15, -0.1) is 0 Å². The molecule has 0 bridgehead atoms. The highest BCUT2D eigenvalue weighted by molar-refractivity contribution is 5.93. The lowest BCUT2D eigenvalue weighted by Gasteiger charge is -2.30. The molecular weight excluding hydrogens is 326 g/mol. The molecule has 1 aliphatic rings. The summed E-state index contributed by atoms with van der Waals surface area (Å²) in [4.78, 5) is 30.8. The summed E-state index contributed by atoms with van der Waals surface area (Å²) in [5.74, 6) is 0.507. The maximum atomic E-state index is 12.4. The molecule has 0 saturated carbocycles. The zero-order valence-electron chi connectivity index (χ0n) is 14.9. The number of hydrogen-bond donors (Lipinski definition) is 1. The number of aryl methyl sites for hydroxylation is 1. The van der Waals surface area contributed by atoms with Gasteiger partial charge in [0.05, 0.1) is 0 Å². The van der Waals surface area contributed by atoms with Gasteiger partial charge in [-0.25, -0.2) is 4.98 Å². The summed E-state index contributed by atoms with van der Waals surface area (Å²) in [7, 11) is 0. The summed E-state index contributed by atoms with van der Waals surface area (Å²) < 4.78 is 0. The fourth-order valence-corrected chi connectivity index (χ4v) is 3.03. The van der Waals surface area contributed by atoms with Crippen LogP contribution in [-0.4, -0.2) is 34.8 Å². The Morgan fingerprint density at radius 1 is 1.12 bits per heavy atom. The highest BCUT2D eigenvalue weighted by Gasteiger charge is 2.27. The fraction of sp³-hybridized carbons (Fsp3) is 0.286. The van der Waals surface area contributed by atoms with Crippen LogP contribution < -0.4 is 5.32 Å². The Labute approximate surface area is 153 Å². The van der Waals surface area contributed by atoms with E-state index in [0.29, 0.717) is 31.7 Å². The van der Waals surface area contributed by atoms with Crippen LogP contribution >= 0.6 is 0 Å². The lowest BCUT2D eigenvalue weighted by molar-refractivity contribution is -0.130. The summed E-state index contributed by atoms with van der Waals surface area (Å²) in [6, 6.07) is 13.5. The Bertz CT molecular complexity index is 794. The number of amides is 2. The molecule has 1 N–H and O–H groups in total. The fourth-order valence-electron chi connectivity index (χ4n) is 3.03. The van der Waals surface area contributed by atoms with Crippen LogP contribution in [0.5, 0.6) is 0 Å². The van der Waals surface area contributed by atoms with Crippen molar-refractivity contribution < 1.29 is 9.59 Å². The number of anilines is 1. The lowest BCUT2D eigenvalue weighted by Crippen LogP contribution is -2.40. The van der Waals surface area contributed by atoms with Gasteiger partial charge in [-0.1, -0.05) is 36.4 Å². The second kappa shape index (κ2) is 8.43. The first-order valence-electron chi connectivity index (χ1n) is 8.88. The van der Waals surface area contributed by atoms with Crippen molar-refractivity contribution in [2.24, 2.45) is 5.92 Å². The van der Waals surface area contributed by atoms with Gasteiger partial charge in [0.2, 0.25) is 11.8 Å². The number of benzene rings is 1. The zero-order chi connectivity index (χ0) is 18.4. The van der Waals surface area contributed by atoms with Crippen molar-refractivity contribution in [1.29, 1.82) is 0 Å². The third kappa shape index (κ3) is 4.57. The maximum absolute atomic E-state index is 12.4. The predicted molar refractivity (Wildman–Crippen MR) is 102 cm³/mol. The van der Waals surface area contributed by atoms with Gasteiger partial charge in [-0.2, -0.15) is 0 Å². The van der Waals surface area contributed by atoms with Gasteiger partial charge in [-0.05, 0) is 43.0 Å². The number of rotatable bonds is 4. The van der Waals surface area contributed by atoms with Crippen LogP contribution in [0.25, 0.3) is 6.08 Å². The SMILES string of the molecule is Cc1cccnc1NC(=O)C1CCN(C(=O)/C=C/c2ccccc2)CC1. The van der Waals surface area contributed by atoms with E-state index in [0.717, 1.165) is 11.1 Å². The van der Waals surface area contributed by atoms with Gasteiger partial charge >= 0.3 is 0 Å². The highest BCUT2D eigenvalue weighted by atomic mass is 16.2. The van der Waals surface area contributed by atoms with E-state index in [1.54, 1.807) is 17.2 Å². The molecule has 1 aliphatic heterocycles. The van der Waals surface area contributed by atoms with Crippen molar-refractivity contribution in [3.63, 3.8) is 0 Å². The third-order valence-corrected chi connectivity index (χ3v) is 4.65. The summed E-state index contributed by atoms with van der Waals surface area (Å²) in [6.07, 6.45) is 6.44. The van der Waals surface area contributed by atoms with Crippen molar-refractivity contribution in [1.82, 2.24) is 9.88 Å². The van der Waals surface area contributed by atoms with Gasteiger partial charge in [0.1, 0.15) is 5.82 Å². The number of nitrogens with zero attached hydrogens (tertiary/aromatic N) is 2. The molecule has 1 aromatic carbocycles. The largest absolute Gasteiger partial charge is 0.339 e. The number of pyridine rings is 1. The van der Waals surface area contributed by atoms with E-state index in [2.05, 4.69) is 10.3 Å². The summed E-state index contributed by atoms with van der Waals surface area (Å²) in [5, 5.41) is 2.90. The van der Waals surface area contributed by atoms with E-state index in [4.69, 9.17) is 0 Å². The standard InChI is InChI=1S/C21H23N3O2/c1-16-6-5-13-22-20(16)23-21(26)18-11-14-24(15-12-18)19(25)10-9-17-7-3-2-4-8-17/h2-10,13,18H,11-12,14-15H2,1H3,(H,22,23,26)/b10-9+. The number of nitrogens with one attached hydrogen (secondary N) is 1. The smallest absolute Gasteiger partial charge is 0.246 e. The number of aromatic nitrogens is 1. The molecule has 0 atom stereocenters. The van der Waals surface area contributed by atoms with Crippen LogP contribution in [0, 0.1) is 12.8 Å². The number of hydrogen-bond acceptors (Lipinski definition) is 3. The first-order chi connectivity index (χ1) is 12.6. The molecule has 1 saturated heterocycles. The topological polar surface area (TPSA) is 62.3 Å². The van der Waals surface area contributed by atoms with Crippen molar-refractivity contribution in [3.05, 3.63) is 65.9 Å². The average molecular weight is 349 g/mol. The first kappa shape index (κ1) is 17.9. The minimum Gasteiger partial charge on any atom is -0.339 e. The highest BCUT2D eigenvalue weighted by Crippen LogP contribution is 2.20. The number of carbonyl (C=O) groups is 2. The molecule has 0 aliphatic carbocycles. The summed E-state index contributed by atoms with van der Waals surface area (Å²) in [5.41, 5.74) is 1.94. The predicted octanol–water partition coefficient (Wildman–Crippen LogP) is 3.28. The van der Waals surface area contributed by atoms with Crippen LogP contribution in [-0.2, 0) is 9.59 Å². The summed E-state index contributed by atoms with van der Waals surface area (Å²) in [6.45, 7) is 3.11. The molecule has 0 unspecified atom stereocenters. The Morgan fingerprint density at radius 3 is 2.54 bits per heavy atom. The Morgan fingerprint density at radius 2 is 1.85 bits per heavy atom. The number of carbonyl (C=O) groups excluding carboxylic acids is 2. The first-order valence-corrected chi connectivity index (χ1v) is 8.88. The van der Waals surface area contributed by atoms with Gasteiger partial charge < -0.3 is 10.2 Å². The van der Waals surface area contributed by atoms with Gasteiger partial charge in [-0.3, -0.25) is 9.59 Å². The van der Waals surface area contributed by atoms with E-state index in [1.165, 1.54) is 0 Å². The van der Waals surface area contributed by atoms with Crippen molar-refractivity contribution in [2.45, 2.75) is 19.8 Å². The molecular formula is C21H23N3O2. The Hall–Kier alpha value is -2.95. The normalized spacial score (nSPS) is 15.2. The van der Waals surface area contributed by atoms with Crippen LogP contribution in [0.1, 0.15) is 24.0 Å². The monoisotopic (exact) mass is 349 g/mol. The Balaban J connectivity index is 1.50. The zero-order valence-corrected chi connectivity index (χ0v) is 14.9. The van der Waals surface area contributed by atoms with Gasteiger partial charge in [0.15, 0.2) is 0 Å². The van der Waals surface area contributed by atoms with Gasteiger partial charge in [0.25, 0.3) is 0 Å². The van der Waals surface area contributed by atoms with Crippen molar-refractivity contribution in [3.8, 4) is 0 Å². The van der Waals surface area contributed by atoms with E-state index < -0.39 is 0 Å². The van der Waals surface area contributed by atoms with E-state index in [-0.39, 0.29) is 17.7 Å². The quantitative estimate of drug-likeness (QED) is 0.862. The molecule has 2 aromatic rings. The molecule has 1 aromatic heterocycles. The number of likely N-dealkylation sites (tertiary alicyclic amines) is 1. The second-order valence-electron chi connectivity index (χ2n) is 6.50.